The van der Waals surface area contributed by atoms with Gasteiger partial charge in [0.15, 0.2) is 11.7 Å². The molecule has 27 heavy (non-hydrogen) atoms. The topological polar surface area (TPSA) is 55.1 Å². The summed E-state index contributed by atoms with van der Waals surface area (Å²) in [4.78, 5) is 16.4. The maximum Gasteiger partial charge on any atom is 0.224 e. The van der Waals surface area contributed by atoms with E-state index in [1.807, 2.05) is 36.4 Å². The third-order valence-electron chi connectivity index (χ3n) is 4.63. The minimum absolute atomic E-state index is 0.0414. The van der Waals surface area contributed by atoms with Crippen molar-refractivity contribution < 1.29 is 9.21 Å². The number of carbonyl (C=O) groups excluding carboxylic acids is 1. The van der Waals surface area contributed by atoms with Crippen LogP contribution < -0.4 is 5.32 Å². The number of nitrogens with zero attached hydrogens (tertiary/aromatic N) is 1. The van der Waals surface area contributed by atoms with Crippen LogP contribution in [0.4, 0.5) is 5.69 Å². The Bertz CT molecular complexity index is 878. The van der Waals surface area contributed by atoms with Crippen LogP contribution in [-0.4, -0.2) is 10.9 Å². The summed E-state index contributed by atoms with van der Waals surface area (Å²) in [7, 11) is 0. The first-order chi connectivity index (χ1) is 13.0. The summed E-state index contributed by atoms with van der Waals surface area (Å²) in [5.41, 5.74) is 4.36. The standard InChI is InChI=1S/C23H26N2O2/c1-4-17-5-11-20(12-6-17)25-22(26)13-14-23-24-15-21(27-23)19-9-7-18(8-10-19)16(2)3/h5-12,15-16H,4,13-14H2,1-3H3,(H,25,26). The molecule has 0 unspecified atom stereocenters. The van der Waals surface area contributed by atoms with Gasteiger partial charge < -0.3 is 9.73 Å². The molecule has 2 aromatic carbocycles. The molecule has 3 aromatic rings. The van der Waals surface area contributed by atoms with Crippen molar-refractivity contribution in [3.63, 3.8) is 0 Å². The van der Waals surface area contributed by atoms with Gasteiger partial charge in [0, 0.05) is 24.1 Å². The normalized spacial score (nSPS) is 11.0. The molecule has 0 aliphatic heterocycles. The van der Waals surface area contributed by atoms with E-state index in [0.717, 1.165) is 23.4 Å². The minimum atomic E-state index is -0.0414. The van der Waals surface area contributed by atoms with Crippen LogP contribution in [0.2, 0.25) is 0 Å². The predicted octanol–water partition coefficient (Wildman–Crippen LogP) is 5.60. The predicted molar refractivity (Wildman–Crippen MR) is 109 cm³/mol. The number of aromatic nitrogens is 1. The van der Waals surface area contributed by atoms with Gasteiger partial charge in [-0.25, -0.2) is 4.98 Å². The van der Waals surface area contributed by atoms with Gasteiger partial charge in [0.05, 0.1) is 6.20 Å². The monoisotopic (exact) mass is 362 g/mol. The molecule has 0 radical (unpaired) electrons. The molecule has 0 aliphatic carbocycles. The number of oxazole rings is 1. The second-order valence-electron chi connectivity index (χ2n) is 6.99. The fraction of sp³-hybridized carbons (Fsp3) is 0.304. The Labute approximate surface area is 160 Å². The van der Waals surface area contributed by atoms with Crippen LogP contribution in [0.25, 0.3) is 11.3 Å². The molecule has 1 N–H and O–H groups in total. The number of hydrogen-bond acceptors (Lipinski definition) is 3. The first-order valence-electron chi connectivity index (χ1n) is 9.49. The Balaban J connectivity index is 1.54. The molecule has 0 saturated carbocycles. The fourth-order valence-corrected chi connectivity index (χ4v) is 2.86. The maximum absolute atomic E-state index is 12.1. The van der Waals surface area contributed by atoms with Crippen molar-refractivity contribution in [1.29, 1.82) is 0 Å². The summed E-state index contributed by atoms with van der Waals surface area (Å²) in [5.74, 6) is 1.77. The van der Waals surface area contributed by atoms with E-state index in [4.69, 9.17) is 4.42 Å². The van der Waals surface area contributed by atoms with Crippen molar-refractivity contribution in [3.05, 3.63) is 71.7 Å². The third kappa shape index (κ3) is 5.07. The van der Waals surface area contributed by atoms with Crippen molar-refractivity contribution in [1.82, 2.24) is 4.98 Å². The Morgan fingerprint density at radius 3 is 2.41 bits per heavy atom. The molecule has 0 fully saturated rings. The lowest BCUT2D eigenvalue weighted by molar-refractivity contribution is -0.116. The molecule has 0 atom stereocenters. The second kappa shape index (κ2) is 8.67. The second-order valence-corrected chi connectivity index (χ2v) is 6.99. The zero-order valence-corrected chi connectivity index (χ0v) is 16.2. The van der Waals surface area contributed by atoms with Crippen molar-refractivity contribution in [3.8, 4) is 11.3 Å². The molecule has 0 saturated heterocycles. The highest BCUT2D eigenvalue weighted by Crippen LogP contribution is 2.23. The van der Waals surface area contributed by atoms with Gasteiger partial charge in [-0.3, -0.25) is 4.79 Å². The number of anilines is 1. The Morgan fingerprint density at radius 1 is 1.07 bits per heavy atom. The summed E-state index contributed by atoms with van der Waals surface area (Å²) >= 11 is 0. The van der Waals surface area contributed by atoms with Gasteiger partial charge in [-0.2, -0.15) is 0 Å². The first-order valence-corrected chi connectivity index (χ1v) is 9.49. The summed E-state index contributed by atoms with van der Waals surface area (Å²) in [6, 6.07) is 16.2. The smallest absolute Gasteiger partial charge is 0.224 e. The zero-order valence-electron chi connectivity index (χ0n) is 16.2. The SMILES string of the molecule is CCc1ccc(NC(=O)CCc2ncc(-c3ccc(C(C)C)cc3)o2)cc1. The molecule has 1 heterocycles. The number of nitrogens with one attached hydrogen (secondary N) is 1. The number of carbonyl (C=O) groups is 1. The average Bonchev–Trinajstić information content (AvgIpc) is 3.16. The van der Waals surface area contributed by atoms with Gasteiger partial charge in [-0.15, -0.1) is 0 Å². The summed E-state index contributed by atoms with van der Waals surface area (Å²) < 4.78 is 5.81. The van der Waals surface area contributed by atoms with E-state index < -0.39 is 0 Å². The molecule has 1 amide bonds. The van der Waals surface area contributed by atoms with Gasteiger partial charge in [0.25, 0.3) is 0 Å². The van der Waals surface area contributed by atoms with Gasteiger partial charge in [0.2, 0.25) is 5.91 Å². The fourth-order valence-electron chi connectivity index (χ4n) is 2.86. The lowest BCUT2D eigenvalue weighted by atomic mass is 10.0. The van der Waals surface area contributed by atoms with Crippen molar-refractivity contribution in [2.24, 2.45) is 0 Å². The number of hydrogen-bond donors (Lipinski definition) is 1. The number of amides is 1. The van der Waals surface area contributed by atoms with E-state index in [1.54, 1.807) is 6.20 Å². The van der Waals surface area contributed by atoms with Gasteiger partial charge >= 0.3 is 0 Å². The Kier molecular flexibility index (Phi) is 6.07. The number of rotatable bonds is 7. The van der Waals surface area contributed by atoms with E-state index >= 15 is 0 Å². The van der Waals surface area contributed by atoms with Crippen LogP contribution in [0, 0.1) is 0 Å². The number of aryl methyl sites for hydroxylation is 2. The molecule has 0 aliphatic rings. The molecular weight excluding hydrogens is 336 g/mol. The molecular formula is C23H26N2O2. The maximum atomic E-state index is 12.1. The van der Waals surface area contributed by atoms with Crippen molar-refractivity contribution >= 4 is 11.6 Å². The number of benzene rings is 2. The van der Waals surface area contributed by atoms with Gasteiger partial charge in [-0.1, -0.05) is 57.2 Å². The molecule has 4 nitrogen and oxygen atoms in total. The van der Waals surface area contributed by atoms with E-state index in [9.17, 15) is 4.79 Å². The molecule has 4 heteroatoms. The van der Waals surface area contributed by atoms with Crippen LogP contribution in [-0.2, 0) is 17.6 Å². The third-order valence-corrected chi connectivity index (χ3v) is 4.63. The first kappa shape index (κ1) is 18.9. The summed E-state index contributed by atoms with van der Waals surface area (Å²) in [6.45, 7) is 6.45. The zero-order chi connectivity index (χ0) is 19.2. The van der Waals surface area contributed by atoms with Crippen LogP contribution in [0.3, 0.4) is 0 Å². The van der Waals surface area contributed by atoms with E-state index in [-0.39, 0.29) is 5.91 Å². The highest BCUT2D eigenvalue weighted by molar-refractivity contribution is 5.90. The highest BCUT2D eigenvalue weighted by Gasteiger charge is 2.10. The molecule has 140 valence electrons. The van der Waals surface area contributed by atoms with Crippen molar-refractivity contribution in [2.75, 3.05) is 5.32 Å². The largest absolute Gasteiger partial charge is 0.441 e. The Hall–Kier alpha value is -2.88. The summed E-state index contributed by atoms with van der Waals surface area (Å²) in [6.07, 6.45) is 3.52. The minimum Gasteiger partial charge on any atom is -0.441 e. The lowest BCUT2D eigenvalue weighted by Gasteiger charge is -2.05. The van der Waals surface area contributed by atoms with Crippen LogP contribution in [0.1, 0.15) is 50.1 Å². The summed E-state index contributed by atoms with van der Waals surface area (Å²) in [5, 5.41) is 2.91. The van der Waals surface area contributed by atoms with E-state index in [2.05, 4.69) is 43.2 Å². The van der Waals surface area contributed by atoms with Crippen LogP contribution >= 0.6 is 0 Å². The molecule has 0 bridgehead atoms. The van der Waals surface area contributed by atoms with Crippen LogP contribution in [0.15, 0.2) is 59.1 Å². The van der Waals surface area contributed by atoms with Crippen LogP contribution in [0.5, 0.6) is 0 Å². The average molecular weight is 362 g/mol. The molecule has 3 rings (SSSR count). The van der Waals surface area contributed by atoms with Gasteiger partial charge in [-0.05, 0) is 35.6 Å². The van der Waals surface area contributed by atoms with E-state index in [1.165, 1.54) is 11.1 Å². The molecule has 1 aromatic heterocycles. The molecule has 0 spiro atoms. The van der Waals surface area contributed by atoms with E-state index in [0.29, 0.717) is 24.7 Å². The Morgan fingerprint density at radius 2 is 1.78 bits per heavy atom. The highest BCUT2D eigenvalue weighted by atomic mass is 16.4. The quantitative estimate of drug-likeness (QED) is 0.595. The van der Waals surface area contributed by atoms with Gasteiger partial charge in [0.1, 0.15) is 0 Å². The lowest BCUT2D eigenvalue weighted by Crippen LogP contribution is -2.12. The van der Waals surface area contributed by atoms with Crippen molar-refractivity contribution in [2.45, 2.75) is 46.0 Å².